The molecule has 18 heavy (non-hydrogen) atoms. The van der Waals surface area contributed by atoms with Gasteiger partial charge in [0.2, 0.25) is 5.13 Å². The predicted molar refractivity (Wildman–Crippen MR) is 73.4 cm³/mol. The molecule has 4 saturated carbocycles. The van der Waals surface area contributed by atoms with E-state index in [2.05, 4.69) is 24.0 Å². The van der Waals surface area contributed by atoms with Crippen LogP contribution in [0.2, 0.25) is 0 Å². The van der Waals surface area contributed by atoms with Crippen molar-refractivity contribution in [2.24, 2.45) is 16.7 Å². The van der Waals surface area contributed by atoms with Crippen LogP contribution >= 0.6 is 11.3 Å². The number of aromatic nitrogens is 2. The highest BCUT2D eigenvalue weighted by Crippen LogP contribution is 2.70. The Labute approximate surface area is 112 Å². The molecule has 0 aromatic carbocycles. The maximum absolute atomic E-state index is 5.81. The second-order valence-corrected chi connectivity index (χ2v) is 8.86. The molecule has 0 aliphatic heterocycles. The molecule has 0 saturated heterocycles. The first-order valence-corrected chi connectivity index (χ1v) is 7.82. The Bertz CT molecular complexity index is 491. The Hall–Kier alpha value is -0.640. The smallest absolute Gasteiger partial charge is 0.203 e. The zero-order chi connectivity index (χ0) is 12.6. The van der Waals surface area contributed by atoms with Crippen molar-refractivity contribution in [3.05, 3.63) is 5.01 Å². The number of nitrogens with zero attached hydrogens (tertiary/aromatic N) is 2. The van der Waals surface area contributed by atoms with Crippen LogP contribution in [0.25, 0.3) is 0 Å². The first-order valence-electron chi connectivity index (χ1n) is 7.00. The van der Waals surface area contributed by atoms with Crippen molar-refractivity contribution < 1.29 is 0 Å². The molecular formula is C14H21N3S. The highest BCUT2D eigenvalue weighted by molar-refractivity contribution is 7.15. The second-order valence-electron chi connectivity index (χ2n) is 7.86. The monoisotopic (exact) mass is 263 g/mol. The van der Waals surface area contributed by atoms with E-state index in [-0.39, 0.29) is 0 Å². The van der Waals surface area contributed by atoms with E-state index in [1.807, 2.05) is 0 Å². The maximum atomic E-state index is 5.81. The van der Waals surface area contributed by atoms with Gasteiger partial charge in [-0.25, -0.2) is 0 Å². The van der Waals surface area contributed by atoms with Crippen molar-refractivity contribution >= 4 is 16.5 Å². The number of anilines is 1. The van der Waals surface area contributed by atoms with Gasteiger partial charge in [-0.2, -0.15) is 0 Å². The molecule has 0 spiro atoms. The summed E-state index contributed by atoms with van der Waals surface area (Å²) in [4.78, 5) is 0. The Morgan fingerprint density at radius 1 is 1.06 bits per heavy atom. The molecule has 2 N–H and O–H groups in total. The molecule has 2 unspecified atom stereocenters. The molecule has 1 aromatic rings. The number of nitrogen functional groups attached to an aromatic ring is 1. The van der Waals surface area contributed by atoms with Crippen LogP contribution in [0.15, 0.2) is 0 Å². The molecule has 4 aliphatic carbocycles. The highest BCUT2D eigenvalue weighted by atomic mass is 32.1. The summed E-state index contributed by atoms with van der Waals surface area (Å²) >= 11 is 1.63. The zero-order valence-electron chi connectivity index (χ0n) is 11.2. The van der Waals surface area contributed by atoms with Gasteiger partial charge in [0.05, 0.1) is 0 Å². The third kappa shape index (κ3) is 1.41. The lowest BCUT2D eigenvalue weighted by Crippen LogP contribution is -2.56. The molecule has 0 radical (unpaired) electrons. The molecule has 4 fully saturated rings. The first-order chi connectivity index (χ1) is 8.41. The SMILES string of the molecule is C[C@]12CC3CC(c4nnc(N)s4)(C1)C[C@@](C)(C3)C2. The lowest BCUT2D eigenvalue weighted by atomic mass is 9.40. The molecule has 3 nitrogen and oxygen atoms in total. The highest BCUT2D eigenvalue weighted by Gasteiger charge is 2.61. The van der Waals surface area contributed by atoms with Gasteiger partial charge in [-0.15, -0.1) is 10.2 Å². The average Bonchev–Trinajstić information content (AvgIpc) is 2.59. The van der Waals surface area contributed by atoms with Gasteiger partial charge in [0.1, 0.15) is 5.01 Å². The fourth-order valence-corrected chi connectivity index (χ4v) is 6.94. The number of hydrogen-bond acceptors (Lipinski definition) is 4. The maximum Gasteiger partial charge on any atom is 0.203 e. The quantitative estimate of drug-likeness (QED) is 0.845. The number of nitrogens with two attached hydrogens (primary N) is 1. The molecule has 1 aromatic heterocycles. The summed E-state index contributed by atoms with van der Waals surface area (Å²) < 4.78 is 0. The van der Waals surface area contributed by atoms with Crippen molar-refractivity contribution in [1.82, 2.24) is 10.2 Å². The van der Waals surface area contributed by atoms with Gasteiger partial charge in [-0.1, -0.05) is 25.2 Å². The number of hydrogen-bond donors (Lipinski definition) is 1. The Kier molecular flexibility index (Phi) is 1.92. The van der Waals surface area contributed by atoms with Crippen molar-refractivity contribution in [2.45, 2.75) is 57.8 Å². The second kappa shape index (κ2) is 3.09. The minimum absolute atomic E-state index is 0.304. The van der Waals surface area contributed by atoms with Crippen LogP contribution in [0.1, 0.15) is 57.4 Å². The molecule has 4 atom stereocenters. The predicted octanol–water partition coefficient (Wildman–Crippen LogP) is 3.37. The van der Waals surface area contributed by atoms with E-state index in [1.165, 1.54) is 43.5 Å². The first kappa shape index (κ1) is 11.2. The fourth-order valence-electron chi connectivity index (χ4n) is 6.14. The Balaban J connectivity index is 1.82. The van der Waals surface area contributed by atoms with Crippen LogP contribution in [0, 0.1) is 16.7 Å². The molecule has 1 heterocycles. The molecule has 4 aliphatic rings. The largest absolute Gasteiger partial charge is 0.374 e. The normalized spacial score (nSPS) is 49.8. The van der Waals surface area contributed by atoms with Gasteiger partial charge in [-0.3, -0.25) is 0 Å². The van der Waals surface area contributed by atoms with Crippen molar-refractivity contribution in [3.8, 4) is 0 Å². The van der Waals surface area contributed by atoms with Crippen molar-refractivity contribution in [2.75, 3.05) is 5.73 Å². The molecule has 5 rings (SSSR count). The lowest BCUT2D eigenvalue weighted by molar-refractivity contribution is -0.110. The van der Waals surface area contributed by atoms with Crippen molar-refractivity contribution in [1.29, 1.82) is 0 Å². The molecular weight excluding hydrogens is 242 g/mol. The topological polar surface area (TPSA) is 51.8 Å². The Morgan fingerprint density at radius 2 is 1.72 bits per heavy atom. The average molecular weight is 263 g/mol. The van der Waals surface area contributed by atoms with Crippen LogP contribution < -0.4 is 5.73 Å². The van der Waals surface area contributed by atoms with Gasteiger partial charge >= 0.3 is 0 Å². The molecule has 4 bridgehead atoms. The molecule has 98 valence electrons. The molecule has 4 heteroatoms. The van der Waals surface area contributed by atoms with E-state index in [1.54, 1.807) is 11.3 Å². The van der Waals surface area contributed by atoms with Crippen LogP contribution in [0.3, 0.4) is 0 Å². The summed E-state index contributed by atoms with van der Waals surface area (Å²) in [5.74, 6) is 0.904. The van der Waals surface area contributed by atoms with Crippen LogP contribution in [-0.4, -0.2) is 10.2 Å². The number of rotatable bonds is 1. The minimum atomic E-state index is 0.304. The van der Waals surface area contributed by atoms with Gasteiger partial charge in [-0.05, 0) is 55.3 Å². The zero-order valence-corrected chi connectivity index (χ0v) is 12.0. The van der Waals surface area contributed by atoms with E-state index >= 15 is 0 Å². The van der Waals surface area contributed by atoms with Gasteiger partial charge in [0.25, 0.3) is 0 Å². The third-order valence-electron chi connectivity index (χ3n) is 5.52. The summed E-state index contributed by atoms with van der Waals surface area (Å²) in [7, 11) is 0. The van der Waals surface area contributed by atoms with Gasteiger partial charge < -0.3 is 5.73 Å². The van der Waals surface area contributed by atoms with E-state index in [0.717, 1.165) is 5.92 Å². The van der Waals surface area contributed by atoms with Crippen LogP contribution in [0.5, 0.6) is 0 Å². The van der Waals surface area contributed by atoms with Gasteiger partial charge in [0.15, 0.2) is 0 Å². The summed E-state index contributed by atoms with van der Waals surface area (Å²) in [5, 5.41) is 10.3. The summed E-state index contributed by atoms with van der Waals surface area (Å²) in [6.07, 6.45) is 8.21. The summed E-state index contributed by atoms with van der Waals surface area (Å²) in [6.45, 7) is 4.99. The minimum Gasteiger partial charge on any atom is -0.374 e. The van der Waals surface area contributed by atoms with E-state index < -0.39 is 0 Å². The third-order valence-corrected chi connectivity index (χ3v) is 6.52. The van der Waals surface area contributed by atoms with E-state index in [4.69, 9.17) is 5.73 Å². The molecule has 0 amide bonds. The standard InChI is InChI=1S/C14H21N3S/c1-12-3-9-4-13(2,6-12)8-14(5-9,7-12)10-16-17-11(15)18-10/h9H,3-8H2,1-2H3,(H2,15,17)/t9?,12-,13+,14?. The Morgan fingerprint density at radius 3 is 2.22 bits per heavy atom. The summed E-state index contributed by atoms with van der Waals surface area (Å²) in [6, 6.07) is 0. The summed E-state index contributed by atoms with van der Waals surface area (Å²) in [5.41, 5.74) is 7.18. The van der Waals surface area contributed by atoms with Crippen molar-refractivity contribution in [3.63, 3.8) is 0 Å². The van der Waals surface area contributed by atoms with E-state index in [0.29, 0.717) is 21.4 Å². The van der Waals surface area contributed by atoms with Gasteiger partial charge in [0, 0.05) is 5.41 Å². The van der Waals surface area contributed by atoms with Crippen LogP contribution in [0.4, 0.5) is 5.13 Å². The fraction of sp³-hybridized carbons (Fsp3) is 0.857. The van der Waals surface area contributed by atoms with E-state index in [9.17, 15) is 0 Å². The lowest BCUT2D eigenvalue weighted by Gasteiger charge is -2.64. The van der Waals surface area contributed by atoms with Crippen LogP contribution in [-0.2, 0) is 5.41 Å².